The molecule has 0 atom stereocenters. The molecule has 0 unspecified atom stereocenters. The first-order chi connectivity index (χ1) is 13.3. The van der Waals surface area contributed by atoms with Crippen LogP contribution in [0.1, 0.15) is 12.8 Å². The number of anilines is 2. The van der Waals surface area contributed by atoms with Gasteiger partial charge in [-0.2, -0.15) is 0 Å². The number of nitrogens with zero attached hydrogens (tertiary/aromatic N) is 1. The van der Waals surface area contributed by atoms with Gasteiger partial charge in [-0.15, -0.1) is 0 Å². The molecule has 2 N–H and O–H groups in total. The summed E-state index contributed by atoms with van der Waals surface area (Å²) in [7, 11) is -3.96. The molecule has 0 spiro atoms. The summed E-state index contributed by atoms with van der Waals surface area (Å²) >= 11 is 0. The van der Waals surface area contributed by atoms with Gasteiger partial charge >= 0.3 is 0 Å². The van der Waals surface area contributed by atoms with Crippen LogP contribution in [-0.4, -0.2) is 33.3 Å². The smallest absolute Gasteiger partial charge is 0.241 e. The Morgan fingerprint density at radius 3 is 2.39 bits per heavy atom. The van der Waals surface area contributed by atoms with Crippen LogP contribution in [0.15, 0.2) is 47.4 Å². The molecule has 3 rings (SSSR count). The third-order valence-corrected chi connectivity index (χ3v) is 5.58. The Morgan fingerprint density at radius 1 is 1.07 bits per heavy atom. The predicted molar refractivity (Wildman–Crippen MR) is 98.2 cm³/mol. The van der Waals surface area contributed by atoms with Crippen LogP contribution in [0.5, 0.6) is 0 Å². The lowest BCUT2D eigenvalue weighted by molar-refractivity contribution is -0.117. The number of benzene rings is 2. The Hall–Kier alpha value is -2.85. The van der Waals surface area contributed by atoms with Gasteiger partial charge in [-0.25, -0.2) is 21.9 Å². The Morgan fingerprint density at radius 2 is 1.79 bits per heavy atom. The van der Waals surface area contributed by atoms with E-state index in [1.54, 1.807) is 4.90 Å². The molecule has 2 amide bonds. The molecule has 28 heavy (non-hydrogen) atoms. The summed E-state index contributed by atoms with van der Waals surface area (Å²) in [5, 5.41) is 2.27. The topological polar surface area (TPSA) is 95.6 Å². The van der Waals surface area contributed by atoms with E-state index < -0.39 is 34.1 Å². The fourth-order valence-electron chi connectivity index (χ4n) is 2.75. The zero-order valence-corrected chi connectivity index (χ0v) is 15.4. The van der Waals surface area contributed by atoms with Crippen molar-refractivity contribution in [1.29, 1.82) is 0 Å². The maximum absolute atomic E-state index is 13.1. The molecule has 1 fully saturated rings. The largest absolute Gasteiger partial charge is 0.325 e. The average Bonchev–Trinajstić information content (AvgIpc) is 3.09. The van der Waals surface area contributed by atoms with Crippen molar-refractivity contribution in [2.45, 2.75) is 17.7 Å². The van der Waals surface area contributed by atoms with E-state index in [1.807, 2.05) is 0 Å². The summed E-state index contributed by atoms with van der Waals surface area (Å²) in [4.78, 5) is 25.1. The van der Waals surface area contributed by atoms with Crippen LogP contribution in [0.25, 0.3) is 0 Å². The van der Waals surface area contributed by atoms with Crippen LogP contribution >= 0.6 is 0 Å². The first kappa shape index (κ1) is 19.9. The maximum Gasteiger partial charge on any atom is 0.241 e. The highest BCUT2D eigenvalue weighted by molar-refractivity contribution is 7.89. The van der Waals surface area contributed by atoms with Crippen LogP contribution in [0.3, 0.4) is 0 Å². The third-order valence-electron chi connectivity index (χ3n) is 4.16. The summed E-state index contributed by atoms with van der Waals surface area (Å²) in [6, 6.07) is 8.54. The molecule has 0 saturated carbocycles. The Bertz CT molecular complexity index is 1010. The lowest BCUT2D eigenvalue weighted by atomic mass is 10.3. The monoisotopic (exact) mass is 409 g/mol. The molecule has 1 heterocycles. The molecule has 0 aliphatic carbocycles. The van der Waals surface area contributed by atoms with E-state index >= 15 is 0 Å². The maximum atomic E-state index is 13.1. The number of rotatable bonds is 6. The first-order valence-electron chi connectivity index (χ1n) is 8.41. The number of hydrogen-bond acceptors (Lipinski definition) is 4. The van der Waals surface area contributed by atoms with E-state index in [4.69, 9.17) is 0 Å². The standard InChI is InChI=1S/C18H17F2N3O4S/c19-15-8-3-12(10-16(15)20)22-17(24)11-21-28(26,27)14-6-4-13(5-7-14)23-9-1-2-18(23)25/h3-8,10,21H,1-2,9,11H2,(H,22,24). The van der Waals surface area contributed by atoms with E-state index in [9.17, 15) is 26.8 Å². The van der Waals surface area contributed by atoms with E-state index in [2.05, 4.69) is 10.0 Å². The lowest BCUT2D eigenvalue weighted by Gasteiger charge is -2.16. The number of amides is 2. The summed E-state index contributed by atoms with van der Waals surface area (Å²) in [5.74, 6) is -2.94. The molecule has 1 aliphatic heterocycles. The second-order valence-electron chi connectivity index (χ2n) is 6.14. The van der Waals surface area contributed by atoms with E-state index in [0.717, 1.165) is 24.6 Å². The van der Waals surface area contributed by atoms with Crippen molar-refractivity contribution in [1.82, 2.24) is 4.72 Å². The van der Waals surface area contributed by atoms with Crippen molar-refractivity contribution in [3.05, 3.63) is 54.1 Å². The molecule has 1 saturated heterocycles. The van der Waals surface area contributed by atoms with Crippen molar-refractivity contribution in [3.63, 3.8) is 0 Å². The fourth-order valence-corrected chi connectivity index (χ4v) is 3.73. The highest BCUT2D eigenvalue weighted by Gasteiger charge is 2.22. The minimum absolute atomic E-state index is 0.00253. The molecule has 2 aromatic carbocycles. The number of halogens is 2. The number of sulfonamides is 1. The zero-order valence-electron chi connectivity index (χ0n) is 14.6. The first-order valence-corrected chi connectivity index (χ1v) is 9.89. The van der Waals surface area contributed by atoms with Crippen molar-refractivity contribution in [2.24, 2.45) is 0 Å². The number of nitrogens with one attached hydrogen (secondary N) is 2. The van der Waals surface area contributed by atoms with Gasteiger partial charge in [-0.3, -0.25) is 9.59 Å². The molecule has 0 radical (unpaired) electrons. The summed E-state index contributed by atoms with van der Waals surface area (Å²) in [6.07, 6.45) is 1.22. The van der Waals surface area contributed by atoms with Gasteiger partial charge in [-0.05, 0) is 42.8 Å². The molecule has 1 aliphatic rings. The van der Waals surface area contributed by atoms with Gasteiger partial charge in [0.1, 0.15) is 0 Å². The Balaban J connectivity index is 1.60. The molecular weight excluding hydrogens is 392 g/mol. The molecule has 2 aromatic rings. The highest BCUT2D eigenvalue weighted by Crippen LogP contribution is 2.23. The second-order valence-corrected chi connectivity index (χ2v) is 7.91. The van der Waals surface area contributed by atoms with Crippen molar-refractivity contribution in [2.75, 3.05) is 23.3 Å². The molecule has 10 heteroatoms. The van der Waals surface area contributed by atoms with Crippen LogP contribution < -0.4 is 14.9 Å². The quantitative estimate of drug-likeness (QED) is 0.763. The summed E-state index contributed by atoms with van der Waals surface area (Å²) in [5.41, 5.74) is 0.611. The van der Waals surface area contributed by atoms with E-state index in [1.165, 1.54) is 24.3 Å². The molecular formula is C18H17F2N3O4S. The highest BCUT2D eigenvalue weighted by atomic mass is 32.2. The van der Waals surface area contributed by atoms with Crippen LogP contribution in [0.4, 0.5) is 20.2 Å². The average molecular weight is 409 g/mol. The minimum Gasteiger partial charge on any atom is -0.325 e. The van der Waals surface area contributed by atoms with E-state index in [-0.39, 0.29) is 16.5 Å². The molecule has 7 nitrogen and oxygen atoms in total. The zero-order chi connectivity index (χ0) is 20.3. The summed E-state index contributed by atoms with van der Waals surface area (Å²) < 4.78 is 52.7. The normalized spacial score (nSPS) is 14.4. The Kier molecular flexibility index (Phi) is 5.71. The van der Waals surface area contributed by atoms with Gasteiger partial charge in [0.05, 0.1) is 11.4 Å². The van der Waals surface area contributed by atoms with Crippen molar-refractivity contribution in [3.8, 4) is 0 Å². The molecule has 0 aromatic heterocycles. The van der Waals surface area contributed by atoms with Crippen LogP contribution in [0.2, 0.25) is 0 Å². The SMILES string of the molecule is O=C(CNS(=O)(=O)c1ccc(N2CCCC2=O)cc1)Nc1ccc(F)c(F)c1. The fraction of sp³-hybridized carbons (Fsp3) is 0.222. The van der Waals surface area contributed by atoms with E-state index in [0.29, 0.717) is 18.7 Å². The second kappa shape index (κ2) is 8.03. The van der Waals surface area contributed by atoms with Gasteiger partial charge in [0, 0.05) is 30.4 Å². The van der Waals surface area contributed by atoms with Gasteiger partial charge in [0.25, 0.3) is 0 Å². The lowest BCUT2D eigenvalue weighted by Crippen LogP contribution is -2.33. The third kappa shape index (κ3) is 4.52. The van der Waals surface area contributed by atoms with Crippen molar-refractivity contribution >= 4 is 33.2 Å². The molecule has 0 bridgehead atoms. The van der Waals surface area contributed by atoms with Crippen LogP contribution in [0, 0.1) is 11.6 Å². The van der Waals surface area contributed by atoms with Gasteiger partial charge in [-0.1, -0.05) is 0 Å². The van der Waals surface area contributed by atoms with Crippen molar-refractivity contribution < 1.29 is 26.8 Å². The van der Waals surface area contributed by atoms with Gasteiger partial charge in [0.2, 0.25) is 21.8 Å². The minimum atomic E-state index is -3.96. The number of hydrogen-bond donors (Lipinski definition) is 2. The summed E-state index contributed by atoms with van der Waals surface area (Å²) in [6.45, 7) is 0.00101. The van der Waals surface area contributed by atoms with Crippen LogP contribution in [-0.2, 0) is 19.6 Å². The molecule has 148 valence electrons. The Labute approximate surface area is 160 Å². The predicted octanol–water partition coefficient (Wildman–Crippen LogP) is 2.01. The van der Waals surface area contributed by atoms with Gasteiger partial charge in [0.15, 0.2) is 11.6 Å². The van der Waals surface area contributed by atoms with Gasteiger partial charge < -0.3 is 10.2 Å². The number of carbonyl (C=O) groups excluding carboxylic acids is 2. The number of carbonyl (C=O) groups is 2.